The fraction of sp³-hybridized carbons (Fsp3) is 0.529. The van der Waals surface area contributed by atoms with Gasteiger partial charge in [-0.25, -0.2) is 0 Å². The van der Waals surface area contributed by atoms with E-state index in [4.69, 9.17) is 0 Å². The first-order chi connectivity index (χ1) is 10.7. The van der Waals surface area contributed by atoms with E-state index in [9.17, 15) is 9.59 Å². The van der Waals surface area contributed by atoms with Crippen molar-refractivity contribution in [2.45, 2.75) is 31.6 Å². The van der Waals surface area contributed by atoms with Crippen molar-refractivity contribution in [3.05, 3.63) is 34.3 Å². The van der Waals surface area contributed by atoms with Gasteiger partial charge in [-0.3, -0.25) is 9.59 Å². The summed E-state index contributed by atoms with van der Waals surface area (Å²) in [5, 5.41) is 2.82. The van der Waals surface area contributed by atoms with Crippen molar-refractivity contribution in [3.63, 3.8) is 0 Å². The zero-order valence-electron chi connectivity index (χ0n) is 12.6. The lowest BCUT2D eigenvalue weighted by atomic mass is 10.1. The van der Waals surface area contributed by atoms with Crippen LogP contribution in [0.4, 0.5) is 0 Å². The molecule has 22 heavy (non-hydrogen) atoms. The molecular weight excluding hydrogens is 344 g/mol. The summed E-state index contributed by atoms with van der Waals surface area (Å²) in [5.74, 6) is 0.339. The highest BCUT2D eigenvalue weighted by Crippen LogP contribution is 2.49. The van der Waals surface area contributed by atoms with E-state index in [2.05, 4.69) is 27.3 Å². The molecule has 0 unspecified atom stereocenters. The van der Waals surface area contributed by atoms with Crippen LogP contribution in [0, 0.1) is 5.92 Å². The molecule has 1 aromatic rings. The first-order valence-electron chi connectivity index (χ1n) is 7.96. The predicted molar refractivity (Wildman–Crippen MR) is 88.4 cm³/mol. The molecule has 0 radical (unpaired) electrons. The number of carbonyl (C=O) groups excluding carboxylic acids is 2. The molecule has 2 amide bonds. The van der Waals surface area contributed by atoms with Crippen molar-refractivity contribution in [1.29, 1.82) is 0 Å². The van der Waals surface area contributed by atoms with E-state index >= 15 is 0 Å². The van der Waals surface area contributed by atoms with Gasteiger partial charge < -0.3 is 10.2 Å². The molecule has 1 aliphatic heterocycles. The number of likely N-dealkylation sites (tertiary alicyclic amines) is 1. The molecule has 1 N–H and O–H groups in total. The van der Waals surface area contributed by atoms with Gasteiger partial charge in [0.1, 0.15) is 0 Å². The standard InChI is InChI=1S/C17H21BrN2O2/c18-15-7-3-2-6-12(15)13-10-14(13)17(22)19-11-16(21)20-8-4-1-5-9-20/h2-3,6-7,13-14H,1,4-5,8-11H2,(H,19,22)/t13-,14-/m1/s1. The molecule has 1 saturated heterocycles. The smallest absolute Gasteiger partial charge is 0.241 e. The van der Waals surface area contributed by atoms with E-state index in [1.54, 1.807) is 0 Å². The van der Waals surface area contributed by atoms with Gasteiger partial charge in [0.2, 0.25) is 11.8 Å². The zero-order chi connectivity index (χ0) is 15.5. The lowest BCUT2D eigenvalue weighted by molar-refractivity contribution is -0.133. The third-order valence-electron chi connectivity index (χ3n) is 4.55. The van der Waals surface area contributed by atoms with Crippen molar-refractivity contribution < 1.29 is 9.59 Å². The number of rotatable bonds is 4. The molecular formula is C17H21BrN2O2. The van der Waals surface area contributed by atoms with Crippen LogP contribution in [0.3, 0.4) is 0 Å². The maximum Gasteiger partial charge on any atom is 0.241 e. The summed E-state index contributed by atoms with van der Waals surface area (Å²) in [6.45, 7) is 1.80. The van der Waals surface area contributed by atoms with Gasteiger partial charge in [0.15, 0.2) is 0 Å². The molecule has 2 aliphatic rings. The van der Waals surface area contributed by atoms with Crippen LogP contribution in [0.25, 0.3) is 0 Å². The van der Waals surface area contributed by atoms with Crippen molar-refractivity contribution >= 4 is 27.7 Å². The minimum atomic E-state index is 0.00566. The Balaban J connectivity index is 1.47. The minimum Gasteiger partial charge on any atom is -0.347 e. The molecule has 0 bridgehead atoms. The van der Waals surface area contributed by atoms with Crippen LogP contribution < -0.4 is 5.32 Å². The number of amides is 2. The summed E-state index contributed by atoms with van der Waals surface area (Å²) in [6.07, 6.45) is 4.22. The van der Waals surface area contributed by atoms with Gasteiger partial charge >= 0.3 is 0 Å². The maximum atomic E-state index is 12.2. The number of hydrogen-bond donors (Lipinski definition) is 1. The second-order valence-corrected chi connectivity index (χ2v) is 6.98. The molecule has 3 rings (SSSR count). The third kappa shape index (κ3) is 3.51. The first kappa shape index (κ1) is 15.5. The minimum absolute atomic E-state index is 0.00566. The van der Waals surface area contributed by atoms with Crippen LogP contribution in [0.1, 0.15) is 37.2 Å². The number of piperidine rings is 1. The summed E-state index contributed by atoms with van der Waals surface area (Å²) in [5.41, 5.74) is 1.19. The fourth-order valence-electron chi connectivity index (χ4n) is 3.15. The highest BCUT2D eigenvalue weighted by Gasteiger charge is 2.44. The molecule has 118 valence electrons. The Bertz CT molecular complexity index is 570. The van der Waals surface area contributed by atoms with Gasteiger partial charge in [-0.05, 0) is 43.2 Å². The normalized spacial score (nSPS) is 24.0. The Labute approximate surface area is 139 Å². The summed E-state index contributed by atoms with van der Waals surface area (Å²) in [6, 6.07) is 8.03. The number of hydrogen-bond acceptors (Lipinski definition) is 2. The summed E-state index contributed by atoms with van der Waals surface area (Å²) < 4.78 is 1.06. The van der Waals surface area contributed by atoms with Crippen molar-refractivity contribution in [3.8, 4) is 0 Å². The fourth-order valence-corrected chi connectivity index (χ4v) is 3.73. The molecule has 2 fully saturated rings. The maximum absolute atomic E-state index is 12.2. The molecule has 1 aliphatic carbocycles. The van der Waals surface area contributed by atoms with Gasteiger partial charge in [0.05, 0.1) is 6.54 Å². The second-order valence-electron chi connectivity index (χ2n) is 6.13. The van der Waals surface area contributed by atoms with Crippen LogP contribution >= 0.6 is 15.9 Å². The van der Waals surface area contributed by atoms with Crippen LogP contribution in [0.5, 0.6) is 0 Å². The Morgan fingerprint density at radius 1 is 1.18 bits per heavy atom. The zero-order valence-corrected chi connectivity index (χ0v) is 14.1. The van der Waals surface area contributed by atoms with Crippen molar-refractivity contribution in [2.24, 2.45) is 5.92 Å². The van der Waals surface area contributed by atoms with E-state index in [0.717, 1.165) is 36.8 Å². The van der Waals surface area contributed by atoms with E-state index in [1.807, 2.05) is 23.1 Å². The molecule has 1 saturated carbocycles. The number of nitrogens with one attached hydrogen (secondary N) is 1. The third-order valence-corrected chi connectivity index (χ3v) is 5.28. The van der Waals surface area contributed by atoms with Crippen LogP contribution in [-0.2, 0) is 9.59 Å². The average molecular weight is 365 g/mol. The number of benzene rings is 1. The van der Waals surface area contributed by atoms with Gasteiger partial charge in [0.25, 0.3) is 0 Å². The van der Waals surface area contributed by atoms with Crippen molar-refractivity contribution in [1.82, 2.24) is 10.2 Å². The summed E-state index contributed by atoms with van der Waals surface area (Å²) in [4.78, 5) is 26.1. The van der Waals surface area contributed by atoms with E-state index in [1.165, 1.54) is 12.0 Å². The Kier molecular flexibility index (Phi) is 4.81. The van der Waals surface area contributed by atoms with Gasteiger partial charge in [-0.15, -0.1) is 0 Å². The highest BCUT2D eigenvalue weighted by atomic mass is 79.9. The monoisotopic (exact) mass is 364 g/mol. The summed E-state index contributed by atoms with van der Waals surface area (Å²) in [7, 11) is 0. The Morgan fingerprint density at radius 2 is 1.91 bits per heavy atom. The van der Waals surface area contributed by atoms with Gasteiger partial charge in [-0.1, -0.05) is 34.1 Å². The highest BCUT2D eigenvalue weighted by molar-refractivity contribution is 9.10. The quantitative estimate of drug-likeness (QED) is 0.892. The second kappa shape index (κ2) is 6.82. The summed E-state index contributed by atoms with van der Waals surface area (Å²) >= 11 is 3.54. The van der Waals surface area contributed by atoms with Crippen LogP contribution in [-0.4, -0.2) is 36.3 Å². The first-order valence-corrected chi connectivity index (χ1v) is 8.76. The van der Waals surface area contributed by atoms with E-state index < -0.39 is 0 Å². The molecule has 4 nitrogen and oxygen atoms in total. The molecule has 2 atom stereocenters. The molecule has 5 heteroatoms. The van der Waals surface area contributed by atoms with Gasteiger partial charge in [-0.2, -0.15) is 0 Å². The molecule has 1 heterocycles. The Hall–Kier alpha value is -1.36. The molecule has 0 aromatic heterocycles. The number of halogens is 1. The lowest BCUT2D eigenvalue weighted by Crippen LogP contribution is -2.43. The lowest BCUT2D eigenvalue weighted by Gasteiger charge is -2.26. The average Bonchev–Trinajstić information content (AvgIpc) is 3.34. The van der Waals surface area contributed by atoms with E-state index in [0.29, 0.717) is 0 Å². The molecule has 1 aromatic carbocycles. The van der Waals surface area contributed by atoms with Crippen LogP contribution in [0.2, 0.25) is 0 Å². The predicted octanol–water partition coefficient (Wildman–Crippen LogP) is 2.68. The topological polar surface area (TPSA) is 49.4 Å². The Morgan fingerprint density at radius 3 is 2.64 bits per heavy atom. The molecule has 0 spiro atoms. The number of nitrogens with zero attached hydrogens (tertiary/aromatic N) is 1. The number of carbonyl (C=O) groups is 2. The van der Waals surface area contributed by atoms with E-state index in [-0.39, 0.29) is 30.2 Å². The van der Waals surface area contributed by atoms with Crippen LogP contribution in [0.15, 0.2) is 28.7 Å². The van der Waals surface area contributed by atoms with Crippen molar-refractivity contribution in [2.75, 3.05) is 19.6 Å². The largest absolute Gasteiger partial charge is 0.347 e. The van der Waals surface area contributed by atoms with Gasteiger partial charge in [0, 0.05) is 23.5 Å². The SMILES string of the molecule is O=C(NCC(=O)N1CCCCC1)[C@@H]1C[C@@H]1c1ccccc1Br.